The third-order valence-corrected chi connectivity index (χ3v) is 1.12. The van der Waals surface area contributed by atoms with Crippen molar-refractivity contribution < 1.29 is 9.90 Å². The van der Waals surface area contributed by atoms with Crippen molar-refractivity contribution in [2.45, 2.75) is 19.8 Å². The number of unbranched alkanes of at least 4 members (excludes halogenated alkanes) is 1. The molecule has 1 aromatic carbocycles. The molecule has 3 nitrogen and oxygen atoms in total. The average molecular weight is 193 g/mol. The molecule has 0 atom stereocenters. The Morgan fingerprint density at radius 1 is 1.36 bits per heavy atom. The first-order chi connectivity index (χ1) is 6.81. The van der Waals surface area contributed by atoms with Gasteiger partial charge in [0, 0.05) is 6.42 Å². The zero-order valence-electron chi connectivity index (χ0n) is 8.31. The van der Waals surface area contributed by atoms with Gasteiger partial charge in [-0.1, -0.05) is 25.1 Å². The van der Waals surface area contributed by atoms with Gasteiger partial charge in [-0.05, 0) is 18.6 Å². The fraction of sp³-hybridized carbons (Fsp3) is 0.273. The second-order valence-electron chi connectivity index (χ2n) is 2.24. The first-order valence-electron chi connectivity index (χ1n) is 4.21. The van der Waals surface area contributed by atoms with Gasteiger partial charge in [-0.15, -0.1) is 0 Å². The van der Waals surface area contributed by atoms with Crippen LogP contribution in [0.2, 0.25) is 0 Å². The minimum absolute atomic E-state index is 0.322. The van der Waals surface area contributed by atoms with Crippen molar-refractivity contribution >= 4 is 6.79 Å². The number of hydrogen-bond donors (Lipinski definition) is 1. The molecule has 0 radical (unpaired) electrons. The molecule has 0 aliphatic heterocycles. The third kappa shape index (κ3) is 12.8. The quantitative estimate of drug-likeness (QED) is 0.745. The fourth-order valence-corrected chi connectivity index (χ4v) is 0.540. The molecule has 0 aliphatic rings. The van der Waals surface area contributed by atoms with E-state index >= 15 is 0 Å². The van der Waals surface area contributed by atoms with Crippen LogP contribution in [0.3, 0.4) is 0 Å². The van der Waals surface area contributed by atoms with Crippen LogP contribution in [-0.4, -0.2) is 11.9 Å². The first kappa shape index (κ1) is 14.7. The number of para-hydroxylation sites is 1. The van der Waals surface area contributed by atoms with E-state index in [2.05, 4.69) is 0 Å². The summed E-state index contributed by atoms with van der Waals surface area (Å²) >= 11 is 0. The van der Waals surface area contributed by atoms with Gasteiger partial charge >= 0.3 is 0 Å². The Labute approximate surface area is 84.6 Å². The zero-order valence-corrected chi connectivity index (χ0v) is 8.31. The molecule has 0 saturated heterocycles. The predicted molar refractivity (Wildman–Crippen MR) is 55.7 cm³/mol. The Balaban J connectivity index is 0. The number of rotatable bonds is 1. The van der Waals surface area contributed by atoms with Gasteiger partial charge in [-0.25, -0.2) is 0 Å². The monoisotopic (exact) mass is 193 g/mol. The van der Waals surface area contributed by atoms with Crippen LogP contribution in [0.15, 0.2) is 30.3 Å². The van der Waals surface area contributed by atoms with Gasteiger partial charge in [0.05, 0.1) is 6.07 Å². The highest BCUT2D eigenvalue weighted by atomic mass is 16.3. The highest BCUT2D eigenvalue weighted by molar-refractivity contribution is 5.18. The molecule has 14 heavy (non-hydrogen) atoms. The summed E-state index contributed by atoms with van der Waals surface area (Å²) in [7, 11) is 0. The molecule has 0 spiro atoms. The summed E-state index contributed by atoms with van der Waals surface area (Å²) in [5.41, 5.74) is 0. The van der Waals surface area contributed by atoms with Crippen molar-refractivity contribution in [3.63, 3.8) is 0 Å². The lowest BCUT2D eigenvalue weighted by molar-refractivity contribution is -0.0979. The van der Waals surface area contributed by atoms with Crippen molar-refractivity contribution in [2.75, 3.05) is 0 Å². The molecule has 1 N–H and O–H groups in total. The lowest BCUT2D eigenvalue weighted by atomic mass is 10.3. The maximum absolute atomic E-state index is 8.63. The number of hydrogen-bond acceptors (Lipinski definition) is 3. The molecular formula is C11H15NO2. The Hall–Kier alpha value is -1.82. The molecule has 1 aromatic rings. The van der Waals surface area contributed by atoms with Crippen LogP contribution in [0.1, 0.15) is 19.8 Å². The van der Waals surface area contributed by atoms with Crippen molar-refractivity contribution in [2.24, 2.45) is 0 Å². The van der Waals surface area contributed by atoms with E-state index in [0.717, 1.165) is 6.42 Å². The van der Waals surface area contributed by atoms with Gasteiger partial charge < -0.3 is 9.90 Å². The molecule has 0 aliphatic carbocycles. The number of phenolic OH excluding ortho intramolecular Hbond substituents is 1. The maximum Gasteiger partial charge on any atom is 0.115 e. The van der Waals surface area contributed by atoms with E-state index in [9.17, 15) is 0 Å². The molecule has 0 unspecified atom stereocenters. The Morgan fingerprint density at radius 3 is 2.00 bits per heavy atom. The molecule has 0 amide bonds. The summed E-state index contributed by atoms with van der Waals surface area (Å²) in [5.74, 6) is 0.322. The van der Waals surface area contributed by atoms with Crippen molar-refractivity contribution in [3.8, 4) is 11.8 Å². The van der Waals surface area contributed by atoms with Gasteiger partial charge in [-0.2, -0.15) is 5.26 Å². The van der Waals surface area contributed by atoms with Crippen LogP contribution in [-0.2, 0) is 4.79 Å². The molecule has 76 valence electrons. The van der Waals surface area contributed by atoms with Gasteiger partial charge in [0.25, 0.3) is 0 Å². The summed E-state index contributed by atoms with van der Waals surface area (Å²) in [6.45, 7) is 3.99. The van der Waals surface area contributed by atoms with Crippen molar-refractivity contribution in [3.05, 3.63) is 30.3 Å². The summed E-state index contributed by atoms with van der Waals surface area (Å²) in [5, 5.41) is 16.4. The number of nitriles is 1. The molecular weight excluding hydrogens is 178 g/mol. The second kappa shape index (κ2) is 13.7. The van der Waals surface area contributed by atoms with Crippen LogP contribution in [0.4, 0.5) is 0 Å². The van der Waals surface area contributed by atoms with Gasteiger partial charge in [-0.3, -0.25) is 0 Å². The summed E-state index contributed by atoms with van der Waals surface area (Å²) in [6.07, 6.45) is 1.68. The van der Waals surface area contributed by atoms with E-state index in [1.54, 1.807) is 24.3 Å². The number of aromatic hydroxyl groups is 1. The number of carbonyl (C=O) groups excluding carboxylic acids is 1. The largest absolute Gasteiger partial charge is 0.508 e. The predicted octanol–water partition coefficient (Wildman–Crippen LogP) is 2.52. The van der Waals surface area contributed by atoms with Crippen LogP contribution < -0.4 is 0 Å². The Bertz CT molecular complexity index is 241. The van der Waals surface area contributed by atoms with Crippen molar-refractivity contribution in [1.82, 2.24) is 0 Å². The molecule has 3 heteroatoms. The normalized spacial score (nSPS) is 6.86. The molecule has 0 aromatic heterocycles. The van der Waals surface area contributed by atoms with E-state index in [0.29, 0.717) is 12.2 Å². The van der Waals surface area contributed by atoms with Crippen LogP contribution in [0.5, 0.6) is 5.75 Å². The molecule has 1 rings (SSSR count). The highest BCUT2D eigenvalue weighted by Gasteiger charge is 1.74. The molecule has 0 heterocycles. The third-order valence-electron chi connectivity index (χ3n) is 1.12. The summed E-state index contributed by atoms with van der Waals surface area (Å²) < 4.78 is 0. The first-order valence-corrected chi connectivity index (χ1v) is 4.21. The SMILES string of the molecule is C=O.CCCC#N.Oc1ccccc1. The Kier molecular flexibility index (Phi) is 14.4. The minimum Gasteiger partial charge on any atom is -0.508 e. The van der Waals surface area contributed by atoms with Crippen LogP contribution in [0.25, 0.3) is 0 Å². The summed E-state index contributed by atoms with van der Waals surface area (Å²) in [6, 6.07) is 10.7. The summed E-state index contributed by atoms with van der Waals surface area (Å²) in [4.78, 5) is 8.00. The van der Waals surface area contributed by atoms with Gasteiger partial charge in [0.1, 0.15) is 12.5 Å². The number of nitrogens with zero attached hydrogens (tertiary/aromatic N) is 1. The lowest BCUT2D eigenvalue weighted by Crippen LogP contribution is -1.56. The van der Waals surface area contributed by atoms with Gasteiger partial charge in [0.15, 0.2) is 0 Å². The Morgan fingerprint density at radius 2 is 1.86 bits per heavy atom. The van der Waals surface area contributed by atoms with Crippen LogP contribution >= 0.6 is 0 Å². The standard InChI is InChI=1S/C6H6O.C4H7N.CH2O/c7-6-4-2-1-3-5-6;1-2-3-4-5;1-2/h1-5,7H;2-3H2,1H3;1H2. The molecule has 0 bridgehead atoms. The van der Waals surface area contributed by atoms with E-state index in [4.69, 9.17) is 15.2 Å². The zero-order chi connectivity index (χ0) is 11.2. The van der Waals surface area contributed by atoms with Gasteiger partial charge in [0.2, 0.25) is 0 Å². The van der Waals surface area contributed by atoms with E-state index < -0.39 is 0 Å². The minimum atomic E-state index is 0.322. The van der Waals surface area contributed by atoms with Crippen molar-refractivity contribution in [1.29, 1.82) is 5.26 Å². The maximum atomic E-state index is 8.63. The van der Waals surface area contributed by atoms with Crippen LogP contribution in [0, 0.1) is 11.3 Å². The second-order valence-corrected chi connectivity index (χ2v) is 2.24. The number of phenols is 1. The highest BCUT2D eigenvalue weighted by Crippen LogP contribution is 2.02. The fourth-order valence-electron chi connectivity index (χ4n) is 0.540. The topological polar surface area (TPSA) is 61.1 Å². The molecule has 0 fully saturated rings. The number of benzene rings is 1. The molecule has 0 saturated carbocycles. The lowest BCUT2D eigenvalue weighted by Gasteiger charge is -1.82. The average Bonchev–Trinajstić information content (AvgIpc) is 2.24. The van der Waals surface area contributed by atoms with E-state index in [-0.39, 0.29) is 0 Å². The number of carbonyl (C=O) groups is 1. The van der Waals surface area contributed by atoms with E-state index in [1.807, 2.05) is 25.8 Å². The van der Waals surface area contributed by atoms with E-state index in [1.165, 1.54) is 0 Å². The smallest absolute Gasteiger partial charge is 0.115 e.